The van der Waals surface area contributed by atoms with Crippen molar-refractivity contribution < 1.29 is 18.0 Å². The molecule has 1 aromatic carbocycles. The Morgan fingerprint density at radius 1 is 0.875 bits per heavy atom. The topological polar surface area (TPSA) is 39.7 Å². The Hall–Kier alpha value is -2.45. The van der Waals surface area contributed by atoms with Gasteiger partial charge in [-0.25, -0.2) is 0 Å². The van der Waals surface area contributed by atoms with Crippen LogP contribution in [0.15, 0.2) is 48.8 Å². The molecule has 172 valence electrons. The van der Waals surface area contributed by atoms with E-state index in [2.05, 4.69) is 14.8 Å². The Bertz CT molecular complexity index is 890. The summed E-state index contributed by atoms with van der Waals surface area (Å²) in [6.45, 7) is 5.81. The zero-order valence-electron chi connectivity index (χ0n) is 18.1. The number of aromatic nitrogens is 1. The SMILES string of the molecule is O=C(C1CCN(Cc2ccncc2)CC1)N1CCN(Cc2cccc(C(F)(F)F)c2)CC1. The molecule has 1 aromatic heterocycles. The average Bonchev–Trinajstić information content (AvgIpc) is 2.80. The number of pyridine rings is 1. The van der Waals surface area contributed by atoms with E-state index in [4.69, 9.17) is 0 Å². The molecule has 0 aliphatic carbocycles. The van der Waals surface area contributed by atoms with Crippen LogP contribution < -0.4 is 0 Å². The van der Waals surface area contributed by atoms with E-state index < -0.39 is 11.7 Å². The van der Waals surface area contributed by atoms with E-state index in [-0.39, 0.29) is 11.8 Å². The quantitative estimate of drug-likeness (QED) is 0.703. The van der Waals surface area contributed by atoms with Gasteiger partial charge in [0.1, 0.15) is 0 Å². The van der Waals surface area contributed by atoms with Gasteiger partial charge in [0, 0.05) is 57.6 Å². The Balaban J connectivity index is 1.22. The number of alkyl halides is 3. The average molecular weight is 447 g/mol. The van der Waals surface area contributed by atoms with Gasteiger partial charge in [0.05, 0.1) is 5.56 Å². The molecule has 2 fully saturated rings. The molecule has 0 bridgehead atoms. The highest BCUT2D eigenvalue weighted by molar-refractivity contribution is 5.79. The first-order valence-corrected chi connectivity index (χ1v) is 11.2. The van der Waals surface area contributed by atoms with Gasteiger partial charge >= 0.3 is 6.18 Å². The Kier molecular flexibility index (Phi) is 7.10. The van der Waals surface area contributed by atoms with Crippen LogP contribution in [0.4, 0.5) is 13.2 Å². The molecule has 0 unspecified atom stereocenters. The number of hydrogen-bond donors (Lipinski definition) is 0. The number of piperidine rings is 1. The maximum Gasteiger partial charge on any atom is 0.416 e. The Morgan fingerprint density at radius 3 is 2.16 bits per heavy atom. The molecule has 2 aliphatic rings. The Morgan fingerprint density at radius 2 is 1.50 bits per heavy atom. The number of hydrogen-bond acceptors (Lipinski definition) is 4. The first kappa shape index (κ1) is 22.7. The second-order valence-corrected chi connectivity index (χ2v) is 8.71. The van der Waals surface area contributed by atoms with E-state index in [0.29, 0.717) is 38.3 Å². The number of rotatable bonds is 5. The number of piperazine rings is 1. The standard InChI is InChI=1S/C24H29F3N4O/c25-24(26,27)22-3-1-2-20(16-22)18-30-12-14-31(15-13-30)23(32)21-6-10-29(11-7-21)17-19-4-8-28-9-5-19/h1-5,8-9,16,21H,6-7,10-15,17-18H2. The lowest BCUT2D eigenvalue weighted by Gasteiger charge is -2.38. The molecular formula is C24H29F3N4O. The van der Waals surface area contributed by atoms with Crippen LogP contribution in [0.1, 0.15) is 29.5 Å². The number of halogens is 3. The van der Waals surface area contributed by atoms with Crippen molar-refractivity contribution in [2.45, 2.75) is 32.1 Å². The number of nitrogens with zero attached hydrogens (tertiary/aromatic N) is 4. The summed E-state index contributed by atoms with van der Waals surface area (Å²) in [4.78, 5) is 23.5. The van der Waals surface area contributed by atoms with E-state index in [9.17, 15) is 18.0 Å². The third-order valence-corrected chi connectivity index (χ3v) is 6.44. The van der Waals surface area contributed by atoms with Gasteiger partial charge < -0.3 is 4.90 Å². The summed E-state index contributed by atoms with van der Waals surface area (Å²) >= 11 is 0. The second-order valence-electron chi connectivity index (χ2n) is 8.71. The lowest BCUT2D eigenvalue weighted by molar-refractivity contribution is -0.139. The van der Waals surface area contributed by atoms with Gasteiger partial charge in [0.15, 0.2) is 0 Å². The van der Waals surface area contributed by atoms with Crippen molar-refractivity contribution >= 4 is 5.91 Å². The minimum atomic E-state index is -4.32. The molecule has 4 rings (SSSR count). The van der Waals surface area contributed by atoms with E-state index in [1.807, 2.05) is 17.0 Å². The van der Waals surface area contributed by atoms with Crippen LogP contribution in [-0.4, -0.2) is 64.9 Å². The fourth-order valence-electron chi connectivity index (χ4n) is 4.57. The predicted molar refractivity (Wildman–Crippen MR) is 116 cm³/mol. The number of likely N-dealkylation sites (tertiary alicyclic amines) is 1. The van der Waals surface area contributed by atoms with Gasteiger partial charge in [0.2, 0.25) is 5.91 Å². The molecule has 8 heteroatoms. The highest BCUT2D eigenvalue weighted by Crippen LogP contribution is 2.30. The molecule has 32 heavy (non-hydrogen) atoms. The molecule has 2 saturated heterocycles. The highest BCUT2D eigenvalue weighted by atomic mass is 19.4. The summed E-state index contributed by atoms with van der Waals surface area (Å²) in [7, 11) is 0. The maximum atomic E-state index is 13.0. The summed E-state index contributed by atoms with van der Waals surface area (Å²) in [5.41, 5.74) is 1.28. The highest BCUT2D eigenvalue weighted by Gasteiger charge is 2.32. The van der Waals surface area contributed by atoms with Crippen molar-refractivity contribution in [3.8, 4) is 0 Å². The first-order valence-electron chi connectivity index (χ1n) is 11.2. The summed E-state index contributed by atoms with van der Waals surface area (Å²) in [5, 5.41) is 0. The zero-order chi connectivity index (χ0) is 22.6. The van der Waals surface area contributed by atoms with Crippen molar-refractivity contribution in [3.05, 3.63) is 65.5 Å². The largest absolute Gasteiger partial charge is 0.416 e. The molecular weight excluding hydrogens is 417 g/mol. The maximum absolute atomic E-state index is 13.0. The van der Waals surface area contributed by atoms with Gasteiger partial charge in [-0.2, -0.15) is 13.2 Å². The van der Waals surface area contributed by atoms with Crippen LogP contribution in [0.3, 0.4) is 0 Å². The zero-order valence-corrected chi connectivity index (χ0v) is 18.1. The lowest BCUT2D eigenvalue weighted by Crippen LogP contribution is -2.51. The van der Waals surface area contributed by atoms with Gasteiger partial charge in [-0.15, -0.1) is 0 Å². The van der Waals surface area contributed by atoms with Gasteiger partial charge in [-0.05, 0) is 55.3 Å². The minimum absolute atomic E-state index is 0.0682. The third-order valence-electron chi connectivity index (χ3n) is 6.44. The van der Waals surface area contributed by atoms with Crippen molar-refractivity contribution in [2.75, 3.05) is 39.3 Å². The summed E-state index contributed by atoms with van der Waals surface area (Å²) < 4.78 is 38.8. The molecule has 2 aromatic rings. The van der Waals surface area contributed by atoms with Gasteiger partial charge in [0.25, 0.3) is 0 Å². The van der Waals surface area contributed by atoms with Crippen LogP contribution in [0.2, 0.25) is 0 Å². The summed E-state index contributed by atoms with van der Waals surface area (Å²) in [5.74, 6) is 0.297. The van der Waals surface area contributed by atoms with Crippen molar-refractivity contribution in [1.29, 1.82) is 0 Å². The molecule has 2 aliphatic heterocycles. The molecule has 0 saturated carbocycles. The fourth-order valence-corrected chi connectivity index (χ4v) is 4.57. The van der Waals surface area contributed by atoms with Crippen molar-refractivity contribution in [1.82, 2.24) is 19.7 Å². The van der Waals surface area contributed by atoms with Crippen LogP contribution in [0.25, 0.3) is 0 Å². The van der Waals surface area contributed by atoms with Crippen molar-refractivity contribution in [2.24, 2.45) is 5.92 Å². The van der Waals surface area contributed by atoms with Gasteiger partial charge in [-0.3, -0.25) is 19.6 Å². The predicted octanol–water partition coefficient (Wildman–Crippen LogP) is 3.66. The smallest absolute Gasteiger partial charge is 0.340 e. The molecule has 0 spiro atoms. The van der Waals surface area contributed by atoms with Crippen LogP contribution in [0, 0.1) is 5.92 Å². The van der Waals surface area contributed by atoms with Crippen LogP contribution in [0.5, 0.6) is 0 Å². The molecule has 0 N–H and O–H groups in total. The molecule has 0 atom stereocenters. The number of benzene rings is 1. The number of carbonyl (C=O) groups excluding carboxylic acids is 1. The summed E-state index contributed by atoms with van der Waals surface area (Å²) in [6.07, 6.45) is 1.02. The monoisotopic (exact) mass is 446 g/mol. The fraction of sp³-hybridized carbons (Fsp3) is 0.500. The molecule has 0 radical (unpaired) electrons. The summed E-state index contributed by atoms with van der Waals surface area (Å²) in [6, 6.07) is 9.55. The molecule has 3 heterocycles. The second kappa shape index (κ2) is 10.0. The minimum Gasteiger partial charge on any atom is -0.340 e. The lowest BCUT2D eigenvalue weighted by atomic mass is 9.94. The first-order chi connectivity index (χ1) is 15.4. The van der Waals surface area contributed by atoms with E-state index >= 15 is 0 Å². The third kappa shape index (κ3) is 5.86. The van der Waals surface area contributed by atoms with E-state index in [1.165, 1.54) is 17.7 Å². The van der Waals surface area contributed by atoms with Crippen molar-refractivity contribution in [3.63, 3.8) is 0 Å². The number of carbonyl (C=O) groups is 1. The number of amides is 1. The van der Waals surface area contributed by atoms with Crippen LogP contribution >= 0.6 is 0 Å². The normalized spacial score (nSPS) is 19.3. The Labute approximate surface area is 186 Å². The van der Waals surface area contributed by atoms with Gasteiger partial charge in [-0.1, -0.05) is 18.2 Å². The van der Waals surface area contributed by atoms with E-state index in [1.54, 1.807) is 18.5 Å². The molecule has 1 amide bonds. The van der Waals surface area contributed by atoms with Crippen LogP contribution in [-0.2, 0) is 24.1 Å². The molecule has 5 nitrogen and oxygen atoms in total. The van der Waals surface area contributed by atoms with E-state index in [0.717, 1.165) is 38.5 Å².